The predicted molar refractivity (Wildman–Crippen MR) is 64.9 cm³/mol. The number of carbonyl (C=O) groups excluding carboxylic acids is 1. The van der Waals surface area contributed by atoms with Crippen LogP contribution >= 0.6 is 0 Å². The van der Waals surface area contributed by atoms with Gasteiger partial charge in [-0.2, -0.15) is 0 Å². The SMILES string of the molecule is CC(C)(C)OC(=O)NCCCC1CCC2OC12. The molecule has 0 aromatic rings. The summed E-state index contributed by atoms with van der Waals surface area (Å²) < 4.78 is 10.7. The fourth-order valence-electron chi connectivity index (χ4n) is 2.52. The van der Waals surface area contributed by atoms with Crippen LogP contribution in [0, 0.1) is 5.92 Å². The molecule has 0 aromatic heterocycles. The molecule has 98 valence electrons. The molecule has 4 heteroatoms. The molecule has 1 heterocycles. The van der Waals surface area contributed by atoms with Crippen LogP contribution in [0.4, 0.5) is 4.79 Å². The summed E-state index contributed by atoms with van der Waals surface area (Å²) in [6.45, 7) is 6.31. The van der Waals surface area contributed by atoms with Gasteiger partial charge in [-0.25, -0.2) is 4.79 Å². The van der Waals surface area contributed by atoms with Gasteiger partial charge in [0.2, 0.25) is 0 Å². The fourth-order valence-corrected chi connectivity index (χ4v) is 2.52. The third-order valence-electron chi connectivity index (χ3n) is 3.33. The first-order chi connectivity index (χ1) is 7.96. The molecular weight excluding hydrogens is 218 g/mol. The summed E-state index contributed by atoms with van der Waals surface area (Å²) >= 11 is 0. The van der Waals surface area contributed by atoms with Crippen LogP contribution in [0.25, 0.3) is 0 Å². The number of hydrogen-bond donors (Lipinski definition) is 1. The van der Waals surface area contributed by atoms with E-state index in [2.05, 4.69) is 5.32 Å². The van der Waals surface area contributed by atoms with E-state index in [1.165, 1.54) is 12.8 Å². The maximum atomic E-state index is 11.4. The van der Waals surface area contributed by atoms with E-state index in [0.717, 1.165) is 18.8 Å². The lowest BCUT2D eigenvalue weighted by molar-refractivity contribution is 0.0526. The summed E-state index contributed by atoms with van der Waals surface area (Å²) in [4.78, 5) is 11.4. The minimum absolute atomic E-state index is 0.315. The molecule has 1 saturated carbocycles. The van der Waals surface area contributed by atoms with Gasteiger partial charge in [0.05, 0.1) is 12.2 Å². The van der Waals surface area contributed by atoms with Crippen molar-refractivity contribution in [3.8, 4) is 0 Å². The Morgan fingerprint density at radius 3 is 2.71 bits per heavy atom. The van der Waals surface area contributed by atoms with Gasteiger partial charge in [-0.15, -0.1) is 0 Å². The van der Waals surface area contributed by atoms with E-state index in [1.807, 2.05) is 20.8 Å². The van der Waals surface area contributed by atoms with Crippen molar-refractivity contribution in [1.82, 2.24) is 5.32 Å². The summed E-state index contributed by atoms with van der Waals surface area (Å²) in [5.74, 6) is 0.723. The lowest BCUT2D eigenvalue weighted by Gasteiger charge is -2.19. The van der Waals surface area contributed by atoms with Crippen LogP contribution in [0.2, 0.25) is 0 Å². The standard InChI is InChI=1S/C13H23NO3/c1-13(2,3)17-12(15)14-8-4-5-9-6-7-10-11(9)16-10/h9-11H,4-8H2,1-3H3,(H,14,15). The Labute approximate surface area is 103 Å². The Kier molecular flexibility index (Phi) is 3.61. The highest BCUT2D eigenvalue weighted by Crippen LogP contribution is 2.44. The average molecular weight is 241 g/mol. The zero-order chi connectivity index (χ0) is 12.5. The zero-order valence-electron chi connectivity index (χ0n) is 11.0. The first-order valence-corrected chi connectivity index (χ1v) is 6.58. The molecule has 0 aromatic carbocycles. The number of carbonyl (C=O) groups is 1. The summed E-state index contributed by atoms with van der Waals surface area (Å²) in [6.07, 6.45) is 5.48. The molecule has 3 atom stereocenters. The Bertz CT molecular complexity index is 285. The van der Waals surface area contributed by atoms with Gasteiger partial charge in [0.25, 0.3) is 0 Å². The van der Waals surface area contributed by atoms with Crippen molar-refractivity contribution in [2.24, 2.45) is 5.92 Å². The molecule has 1 saturated heterocycles. The fraction of sp³-hybridized carbons (Fsp3) is 0.923. The maximum absolute atomic E-state index is 11.4. The van der Waals surface area contributed by atoms with E-state index in [4.69, 9.17) is 9.47 Å². The molecular formula is C13H23NO3. The normalized spacial score (nSPS) is 30.9. The maximum Gasteiger partial charge on any atom is 0.407 e. The molecule has 1 aliphatic heterocycles. The van der Waals surface area contributed by atoms with Crippen LogP contribution < -0.4 is 5.32 Å². The Hall–Kier alpha value is -0.770. The number of rotatable bonds is 4. The summed E-state index contributed by atoms with van der Waals surface area (Å²) in [5, 5.41) is 2.79. The molecule has 0 bridgehead atoms. The van der Waals surface area contributed by atoms with Gasteiger partial charge in [0.15, 0.2) is 0 Å². The minimum Gasteiger partial charge on any atom is -0.444 e. The van der Waals surface area contributed by atoms with Gasteiger partial charge in [0, 0.05) is 6.54 Å². The molecule has 0 radical (unpaired) electrons. The number of nitrogens with one attached hydrogen (secondary N) is 1. The first-order valence-electron chi connectivity index (χ1n) is 6.58. The largest absolute Gasteiger partial charge is 0.444 e. The zero-order valence-corrected chi connectivity index (χ0v) is 11.0. The van der Waals surface area contributed by atoms with E-state index in [1.54, 1.807) is 0 Å². The van der Waals surface area contributed by atoms with E-state index in [-0.39, 0.29) is 6.09 Å². The predicted octanol–water partition coefficient (Wildman–Crippen LogP) is 2.47. The van der Waals surface area contributed by atoms with Gasteiger partial charge in [-0.1, -0.05) is 0 Å². The molecule has 4 nitrogen and oxygen atoms in total. The third kappa shape index (κ3) is 3.87. The minimum atomic E-state index is -0.412. The van der Waals surface area contributed by atoms with Crippen molar-refractivity contribution in [2.45, 2.75) is 64.3 Å². The van der Waals surface area contributed by atoms with Crippen molar-refractivity contribution >= 4 is 6.09 Å². The Morgan fingerprint density at radius 1 is 1.41 bits per heavy atom. The van der Waals surface area contributed by atoms with Crippen LogP contribution in [-0.4, -0.2) is 30.4 Å². The highest BCUT2D eigenvalue weighted by molar-refractivity contribution is 5.67. The number of epoxide rings is 1. The van der Waals surface area contributed by atoms with Crippen molar-refractivity contribution < 1.29 is 14.3 Å². The summed E-state index contributed by atoms with van der Waals surface area (Å²) in [5.41, 5.74) is -0.412. The second kappa shape index (κ2) is 4.84. The average Bonchev–Trinajstić information content (AvgIpc) is 2.86. The van der Waals surface area contributed by atoms with Crippen LogP contribution in [0.3, 0.4) is 0 Å². The lowest BCUT2D eigenvalue weighted by Crippen LogP contribution is -2.33. The number of fused-ring (bicyclic) bond motifs is 1. The van der Waals surface area contributed by atoms with Crippen LogP contribution in [0.15, 0.2) is 0 Å². The highest BCUT2D eigenvalue weighted by Gasteiger charge is 2.49. The number of hydrogen-bond acceptors (Lipinski definition) is 3. The van der Waals surface area contributed by atoms with Crippen LogP contribution in [0.1, 0.15) is 46.5 Å². The molecule has 1 N–H and O–H groups in total. The second-order valence-electron chi connectivity index (χ2n) is 6.05. The number of ether oxygens (including phenoxy) is 2. The van der Waals surface area contributed by atoms with Gasteiger partial charge >= 0.3 is 6.09 Å². The first kappa shape index (κ1) is 12.7. The quantitative estimate of drug-likeness (QED) is 0.607. The molecule has 0 spiro atoms. The summed E-state index contributed by atoms with van der Waals surface area (Å²) in [6, 6.07) is 0. The van der Waals surface area contributed by atoms with Crippen molar-refractivity contribution in [2.75, 3.05) is 6.54 Å². The van der Waals surface area contributed by atoms with Crippen LogP contribution in [-0.2, 0) is 9.47 Å². The molecule has 2 aliphatic rings. The van der Waals surface area contributed by atoms with Crippen molar-refractivity contribution in [3.63, 3.8) is 0 Å². The highest BCUT2D eigenvalue weighted by atomic mass is 16.6. The number of alkyl carbamates (subject to hydrolysis) is 1. The van der Waals surface area contributed by atoms with Crippen molar-refractivity contribution in [3.05, 3.63) is 0 Å². The van der Waals surface area contributed by atoms with E-state index in [0.29, 0.717) is 18.8 Å². The van der Waals surface area contributed by atoms with Gasteiger partial charge in [-0.3, -0.25) is 0 Å². The third-order valence-corrected chi connectivity index (χ3v) is 3.33. The lowest BCUT2D eigenvalue weighted by atomic mass is 10.0. The molecule has 3 unspecified atom stereocenters. The van der Waals surface area contributed by atoms with E-state index < -0.39 is 5.60 Å². The summed E-state index contributed by atoms with van der Waals surface area (Å²) in [7, 11) is 0. The van der Waals surface area contributed by atoms with E-state index >= 15 is 0 Å². The Balaban J connectivity index is 1.52. The Morgan fingerprint density at radius 2 is 2.18 bits per heavy atom. The van der Waals surface area contributed by atoms with Gasteiger partial charge in [0.1, 0.15) is 5.60 Å². The molecule has 2 rings (SSSR count). The van der Waals surface area contributed by atoms with Crippen LogP contribution in [0.5, 0.6) is 0 Å². The monoisotopic (exact) mass is 241 g/mol. The van der Waals surface area contributed by atoms with E-state index in [9.17, 15) is 4.79 Å². The molecule has 2 fully saturated rings. The van der Waals surface area contributed by atoms with Gasteiger partial charge < -0.3 is 14.8 Å². The smallest absolute Gasteiger partial charge is 0.407 e. The topological polar surface area (TPSA) is 50.9 Å². The molecule has 1 aliphatic carbocycles. The molecule has 17 heavy (non-hydrogen) atoms. The van der Waals surface area contributed by atoms with Gasteiger partial charge in [-0.05, 0) is 52.4 Å². The second-order valence-corrected chi connectivity index (χ2v) is 6.05. The molecule has 1 amide bonds. The van der Waals surface area contributed by atoms with Crippen molar-refractivity contribution in [1.29, 1.82) is 0 Å². The number of amides is 1.